The van der Waals surface area contributed by atoms with E-state index < -0.39 is 29.5 Å². The number of nitrogens with one attached hydrogen (secondary N) is 1. The summed E-state index contributed by atoms with van der Waals surface area (Å²) in [5.41, 5.74) is -0.768. The van der Waals surface area contributed by atoms with Gasteiger partial charge >= 0.3 is 5.97 Å². The molecule has 2 aliphatic heterocycles. The minimum Gasteiger partial charge on any atom is -0.481 e. The molecular formula is C16H21NO4. The van der Waals surface area contributed by atoms with E-state index in [1.165, 1.54) is 19.3 Å². The van der Waals surface area contributed by atoms with Crippen LogP contribution in [-0.4, -0.2) is 34.7 Å². The molecule has 2 saturated carbocycles. The van der Waals surface area contributed by atoms with Crippen LogP contribution in [0.4, 0.5) is 0 Å². The smallest absolute Gasteiger partial charge is 0.310 e. The molecular weight excluding hydrogens is 270 g/mol. The molecule has 114 valence electrons. The van der Waals surface area contributed by atoms with Crippen LogP contribution in [0.25, 0.3) is 0 Å². The Labute approximate surface area is 123 Å². The van der Waals surface area contributed by atoms with E-state index in [0.29, 0.717) is 5.92 Å². The van der Waals surface area contributed by atoms with Gasteiger partial charge in [-0.3, -0.25) is 9.59 Å². The van der Waals surface area contributed by atoms with Crippen molar-refractivity contribution in [2.45, 2.75) is 50.4 Å². The Bertz CT molecular complexity index is 530. The fraction of sp³-hybridized carbons (Fsp3) is 0.750. The summed E-state index contributed by atoms with van der Waals surface area (Å²) in [5.74, 6) is -1.13. The molecule has 5 nitrogen and oxygen atoms in total. The average molecular weight is 291 g/mol. The fourth-order valence-electron chi connectivity index (χ4n) is 4.97. The summed E-state index contributed by atoms with van der Waals surface area (Å²) in [6.45, 7) is 1.82. The molecule has 5 heteroatoms. The molecule has 0 aromatic rings. The van der Waals surface area contributed by atoms with Crippen LogP contribution in [0.5, 0.6) is 0 Å². The molecule has 7 atom stereocenters. The van der Waals surface area contributed by atoms with Crippen molar-refractivity contribution in [3.8, 4) is 0 Å². The lowest BCUT2D eigenvalue weighted by Gasteiger charge is -2.31. The van der Waals surface area contributed by atoms with Crippen LogP contribution in [0.3, 0.4) is 0 Å². The Balaban J connectivity index is 1.53. The standard InChI is InChI=1S/C16H21NO4/c1-16-5-4-11(21-16)12(15(19)20)13(16)14(18)17-10-7-8-2-3-9(10)6-8/h4-5,8-13H,2-3,6-7H2,1H3,(H,17,18)(H,19,20)/t8-,9-,10-,11+,12-,13-,16-/m0/s1. The van der Waals surface area contributed by atoms with Gasteiger partial charge in [0, 0.05) is 6.04 Å². The number of ether oxygens (including phenoxy) is 1. The Morgan fingerprint density at radius 1 is 1.33 bits per heavy atom. The third-order valence-corrected chi connectivity index (χ3v) is 5.97. The highest BCUT2D eigenvalue weighted by molar-refractivity contribution is 5.88. The highest BCUT2D eigenvalue weighted by Crippen LogP contribution is 2.48. The zero-order valence-corrected chi connectivity index (χ0v) is 12.1. The lowest BCUT2D eigenvalue weighted by molar-refractivity contribution is -0.147. The lowest BCUT2D eigenvalue weighted by atomic mass is 9.75. The van der Waals surface area contributed by atoms with Crippen molar-refractivity contribution in [2.75, 3.05) is 0 Å². The van der Waals surface area contributed by atoms with Gasteiger partial charge in [-0.05, 0) is 38.0 Å². The normalized spacial score (nSPS) is 49.8. The van der Waals surface area contributed by atoms with Crippen molar-refractivity contribution < 1.29 is 19.4 Å². The molecule has 0 aromatic heterocycles. The Kier molecular flexibility index (Phi) is 2.74. The molecule has 2 heterocycles. The van der Waals surface area contributed by atoms with Crippen LogP contribution in [0.2, 0.25) is 0 Å². The maximum absolute atomic E-state index is 12.7. The van der Waals surface area contributed by atoms with E-state index >= 15 is 0 Å². The minimum atomic E-state index is -0.943. The van der Waals surface area contributed by atoms with E-state index in [0.717, 1.165) is 12.3 Å². The van der Waals surface area contributed by atoms with Crippen LogP contribution in [0.1, 0.15) is 32.6 Å². The largest absolute Gasteiger partial charge is 0.481 e. The van der Waals surface area contributed by atoms with Gasteiger partial charge in [-0.25, -0.2) is 0 Å². The predicted octanol–water partition coefficient (Wildman–Crippen LogP) is 1.34. The van der Waals surface area contributed by atoms with Crippen molar-refractivity contribution in [1.29, 1.82) is 0 Å². The number of aliphatic carboxylic acids is 1. The first-order valence-electron chi connectivity index (χ1n) is 7.88. The Morgan fingerprint density at radius 2 is 2.14 bits per heavy atom. The highest BCUT2D eigenvalue weighted by Gasteiger charge is 2.60. The molecule has 1 amide bonds. The topological polar surface area (TPSA) is 75.6 Å². The number of hydrogen-bond donors (Lipinski definition) is 2. The second kappa shape index (κ2) is 4.32. The van der Waals surface area contributed by atoms with E-state index in [2.05, 4.69) is 5.32 Å². The second-order valence-electron chi connectivity index (χ2n) is 7.26. The number of rotatable bonds is 3. The third-order valence-electron chi connectivity index (χ3n) is 5.97. The fourth-order valence-corrected chi connectivity index (χ4v) is 4.97. The summed E-state index contributed by atoms with van der Waals surface area (Å²) < 4.78 is 5.74. The first-order chi connectivity index (χ1) is 9.98. The molecule has 21 heavy (non-hydrogen) atoms. The van der Waals surface area contributed by atoms with Gasteiger partial charge in [0.25, 0.3) is 0 Å². The molecule has 0 spiro atoms. The number of hydrogen-bond acceptors (Lipinski definition) is 3. The monoisotopic (exact) mass is 291 g/mol. The van der Waals surface area contributed by atoms with Crippen molar-refractivity contribution >= 4 is 11.9 Å². The van der Waals surface area contributed by atoms with Crippen LogP contribution in [0.15, 0.2) is 12.2 Å². The molecule has 2 aliphatic carbocycles. The van der Waals surface area contributed by atoms with Gasteiger partial charge in [-0.15, -0.1) is 0 Å². The van der Waals surface area contributed by atoms with E-state index in [4.69, 9.17) is 4.74 Å². The summed E-state index contributed by atoms with van der Waals surface area (Å²) >= 11 is 0. The summed E-state index contributed by atoms with van der Waals surface area (Å²) in [7, 11) is 0. The third kappa shape index (κ3) is 1.86. The van der Waals surface area contributed by atoms with Gasteiger partial charge < -0.3 is 15.2 Å². The summed E-state index contributed by atoms with van der Waals surface area (Å²) in [6, 6.07) is 0.234. The van der Waals surface area contributed by atoms with E-state index in [-0.39, 0.29) is 11.9 Å². The van der Waals surface area contributed by atoms with Crippen molar-refractivity contribution in [3.63, 3.8) is 0 Å². The molecule has 4 bridgehead atoms. The number of carbonyl (C=O) groups excluding carboxylic acids is 1. The zero-order chi connectivity index (χ0) is 14.8. The maximum atomic E-state index is 12.7. The summed E-state index contributed by atoms with van der Waals surface area (Å²) in [5, 5.41) is 12.6. The lowest BCUT2D eigenvalue weighted by Crippen LogP contribution is -2.50. The maximum Gasteiger partial charge on any atom is 0.310 e. The van der Waals surface area contributed by atoms with Crippen molar-refractivity contribution in [2.24, 2.45) is 23.7 Å². The summed E-state index contributed by atoms with van der Waals surface area (Å²) in [4.78, 5) is 24.2. The second-order valence-corrected chi connectivity index (χ2v) is 7.26. The average Bonchev–Trinajstić information content (AvgIpc) is 3.14. The molecule has 1 saturated heterocycles. The SMILES string of the molecule is C[C@@]12C=C[C@@H](O1)[C@H](C(=O)O)[C@H]2C(=O)N[C@H]1C[C@H]2CC[C@H]1C2. The molecule has 0 unspecified atom stereocenters. The molecule has 4 rings (SSSR count). The number of amides is 1. The van der Waals surface area contributed by atoms with Crippen LogP contribution in [0, 0.1) is 23.7 Å². The van der Waals surface area contributed by atoms with Crippen molar-refractivity contribution in [3.05, 3.63) is 12.2 Å². The van der Waals surface area contributed by atoms with E-state index in [1.54, 1.807) is 6.08 Å². The van der Waals surface area contributed by atoms with Gasteiger partial charge in [0.2, 0.25) is 5.91 Å². The van der Waals surface area contributed by atoms with Crippen molar-refractivity contribution in [1.82, 2.24) is 5.32 Å². The van der Waals surface area contributed by atoms with Gasteiger partial charge in [-0.2, -0.15) is 0 Å². The zero-order valence-electron chi connectivity index (χ0n) is 12.1. The van der Waals surface area contributed by atoms with Crippen LogP contribution >= 0.6 is 0 Å². The van der Waals surface area contributed by atoms with Gasteiger partial charge in [0.15, 0.2) is 0 Å². The highest BCUT2D eigenvalue weighted by atomic mass is 16.5. The number of carboxylic acid groups (broad SMARTS) is 1. The predicted molar refractivity (Wildman–Crippen MR) is 74.4 cm³/mol. The number of carbonyl (C=O) groups is 2. The molecule has 4 aliphatic rings. The summed E-state index contributed by atoms with van der Waals surface area (Å²) in [6.07, 6.45) is 7.90. The van der Waals surface area contributed by atoms with Gasteiger partial charge in [-0.1, -0.05) is 18.6 Å². The molecule has 0 aromatic carbocycles. The Hall–Kier alpha value is -1.36. The Morgan fingerprint density at radius 3 is 2.76 bits per heavy atom. The number of carboxylic acids is 1. The van der Waals surface area contributed by atoms with Gasteiger partial charge in [0.05, 0.1) is 17.6 Å². The van der Waals surface area contributed by atoms with E-state index in [9.17, 15) is 14.7 Å². The number of fused-ring (bicyclic) bond motifs is 4. The molecule has 0 radical (unpaired) electrons. The van der Waals surface area contributed by atoms with E-state index in [1.807, 2.05) is 13.0 Å². The molecule has 2 N–H and O–H groups in total. The van der Waals surface area contributed by atoms with Crippen LogP contribution < -0.4 is 5.32 Å². The quantitative estimate of drug-likeness (QED) is 0.769. The minimum absolute atomic E-state index is 0.144. The van der Waals surface area contributed by atoms with Gasteiger partial charge in [0.1, 0.15) is 5.92 Å². The van der Waals surface area contributed by atoms with Crippen LogP contribution in [-0.2, 0) is 14.3 Å². The first-order valence-corrected chi connectivity index (χ1v) is 7.88. The first kappa shape index (κ1) is 13.3. The molecule has 3 fully saturated rings.